The summed E-state index contributed by atoms with van der Waals surface area (Å²) in [6.07, 6.45) is 1.80. The largest absolute Gasteiger partial charge is 2.00 e. The summed E-state index contributed by atoms with van der Waals surface area (Å²) in [5, 5.41) is 0. The molecule has 2 aromatic heterocycles. The molecule has 0 unspecified atom stereocenters. The summed E-state index contributed by atoms with van der Waals surface area (Å²) in [6, 6.07) is 56.0. The van der Waals surface area contributed by atoms with Gasteiger partial charge in [0.25, 0.3) is 0 Å². The number of pyridine rings is 1. The Bertz CT molecular complexity index is 3290. The summed E-state index contributed by atoms with van der Waals surface area (Å²) in [4.78, 5) is 10.5. The molecule has 0 aliphatic heterocycles. The number of nitrogens with zero attached hydrogens (tertiary/aromatic N) is 3. The van der Waals surface area contributed by atoms with Crippen LogP contribution >= 0.6 is 0 Å². The van der Waals surface area contributed by atoms with Gasteiger partial charge in [-0.3, -0.25) is 9.55 Å². The van der Waals surface area contributed by atoms with Crippen LogP contribution in [-0.4, -0.2) is 14.5 Å². The van der Waals surface area contributed by atoms with Gasteiger partial charge in [-0.25, -0.2) is 4.98 Å². The van der Waals surface area contributed by atoms with Gasteiger partial charge in [0.05, 0.1) is 28.0 Å². The number of benzene rings is 7. The molecule has 0 bridgehead atoms. The molecule has 0 spiro atoms. The second-order valence-corrected chi connectivity index (χ2v) is 18.9. The van der Waals surface area contributed by atoms with Crippen LogP contribution in [0.4, 0.5) is 0 Å². The zero-order valence-corrected chi connectivity index (χ0v) is 40.6. The first-order valence-electron chi connectivity index (χ1n) is 23.4. The number of aryl methyl sites for hydroxylation is 3. The molecule has 0 radical (unpaired) electrons. The van der Waals surface area contributed by atoms with E-state index < -0.39 is 6.85 Å². The van der Waals surface area contributed by atoms with Gasteiger partial charge in [-0.1, -0.05) is 179 Å². The molecule has 7 aromatic carbocycles. The van der Waals surface area contributed by atoms with E-state index >= 15 is 0 Å². The minimum absolute atomic E-state index is 0. The van der Waals surface area contributed by atoms with Crippen molar-refractivity contribution in [2.75, 3.05) is 0 Å². The van der Waals surface area contributed by atoms with Crippen LogP contribution in [0.2, 0.25) is 0 Å². The molecule has 0 aliphatic rings. The predicted molar refractivity (Wildman–Crippen MR) is 268 cm³/mol. The molecule has 9 rings (SSSR count). The standard InChI is InChI=1S/C60H55N3O.Pt/c1-38-19-21-42(22-20-38)44-29-30-61-53(36-44)47-34-45(41-15-12-11-13-16-41)33-46(35-47)51-17-14-18-54-56(51)62-58(52-32-39(2)31-40(3)57(52)64-10)63(54)55-37-49(60(7,8)9)27-28-50(55)43-23-25-48(26-24-43)59(4,5)6;/h11-34,36-37H,10H2,1-9H3;/q-2;+2/i1D3;. The van der Waals surface area contributed by atoms with E-state index in [0.717, 1.165) is 95.0 Å². The first kappa shape index (κ1) is 41.4. The minimum atomic E-state index is -2.18. The SMILES string of the molecule is [2H]C([2H])([2H])c1ccc(-c2ccnc(-c3[c-]c(-c4cccc5c4nc(-c4cc(C)cc(C)c4O[CH2-])n5-c4cc(C(C)(C)C)ccc4-c4ccc(C(C)(C)C)cc4)cc(-c4ccccc4)c3)c2)cc1.[Pt+2]. The van der Waals surface area contributed by atoms with Gasteiger partial charge in [-0.2, -0.15) is 7.11 Å². The molecule has 5 heteroatoms. The summed E-state index contributed by atoms with van der Waals surface area (Å²) in [6.45, 7) is 15.5. The maximum absolute atomic E-state index is 7.87. The van der Waals surface area contributed by atoms with Crippen molar-refractivity contribution in [3.63, 3.8) is 0 Å². The Morgan fingerprint density at radius 1 is 0.585 bits per heavy atom. The average molecular weight is 1030 g/mol. The Balaban J connectivity index is 0.00000625. The van der Waals surface area contributed by atoms with Crippen molar-refractivity contribution in [1.29, 1.82) is 0 Å². The van der Waals surface area contributed by atoms with Crippen molar-refractivity contribution in [2.24, 2.45) is 0 Å². The number of hydrogen-bond acceptors (Lipinski definition) is 3. The van der Waals surface area contributed by atoms with E-state index in [4.69, 9.17) is 18.8 Å². The van der Waals surface area contributed by atoms with Crippen molar-refractivity contribution < 1.29 is 29.9 Å². The van der Waals surface area contributed by atoms with Crippen LogP contribution in [0.15, 0.2) is 158 Å². The molecule has 0 saturated carbocycles. The second kappa shape index (κ2) is 17.9. The monoisotopic (exact) mass is 1030 g/mol. The topological polar surface area (TPSA) is 39.9 Å². The summed E-state index contributed by atoms with van der Waals surface area (Å²) in [7, 11) is 3.94. The van der Waals surface area contributed by atoms with E-state index in [1.165, 1.54) is 11.1 Å². The van der Waals surface area contributed by atoms with Crippen LogP contribution in [-0.2, 0) is 31.9 Å². The van der Waals surface area contributed by atoms with Gasteiger partial charge >= 0.3 is 21.1 Å². The van der Waals surface area contributed by atoms with Gasteiger partial charge in [0, 0.05) is 21.6 Å². The number of fused-ring (bicyclic) bond motifs is 1. The second-order valence-electron chi connectivity index (χ2n) is 18.9. The van der Waals surface area contributed by atoms with Crippen molar-refractivity contribution in [3.05, 3.63) is 199 Å². The predicted octanol–water partition coefficient (Wildman–Crippen LogP) is 15.9. The number of ether oxygens (including phenoxy) is 1. The van der Waals surface area contributed by atoms with Crippen LogP contribution in [0.5, 0.6) is 5.75 Å². The van der Waals surface area contributed by atoms with Crippen molar-refractivity contribution in [2.45, 2.75) is 73.1 Å². The minimum Gasteiger partial charge on any atom is -0.665 e. The molecule has 0 saturated heterocycles. The van der Waals surface area contributed by atoms with Crippen molar-refractivity contribution >= 4 is 11.0 Å². The van der Waals surface area contributed by atoms with Gasteiger partial charge in [-0.15, -0.1) is 23.8 Å². The molecule has 0 amide bonds. The van der Waals surface area contributed by atoms with Gasteiger partial charge in [0.2, 0.25) is 0 Å². The maximum atomic E-state index is 7.87. The Kier molecular flexibility index (Phi) is 11.4. The summed E-state index contributed by atoms with van der Waals surface area (Å²) in [5.41, 5.74) is 17.7. The third-order valence-electron chi connectivity index (χ3n) is 12.2. The average Bonchev–Trinajstić information content (AvgIpc) is 3.70. The molecule has 326 valence electrons. The third kappa shape index (κ3) is 9.02. The molecule has 2 heterocycles. The molecule has 4 nitrogen and oxygen atoms in total. The molecule has 0 N–H and O–H groups in total. The maximum Gasteiger partial charge on any atom is 2.00 e. The van der Waals surface area contributed by atoms with E-state index in [9.17, 15) is 0 Å². The van der Waals surface area contributed by atoms with E-state index in [1.807, 2.05) is 42.5 Å². The fraction of sp³-hybridized carbons (Fsp3) is 0.183. The van der Waals surface area contributed by atoms with Gasteiger partial charge in [0.1, 0.15) is 5.82 Å². The molecule has 65 heavy (non-hydrogen) atoms. The van der Waals surface area contributed by atoms with Gasteiger partial charge in [-0.05, 0) is 100 Å². The van der Waals surface area contributed by atoms with Crippen molar-refractivity contribution in [1.82, 2.24) is 14.5 Å². The number of rotatable bonds is 8. The smallest absolute Gasteiger partial charge is 0.665 e. The molecule has 0 atom stereocenters. The zero-order chi connectivity index (χ0) is 47.4. The Morgan fingerprint density at radius 2 is 1.26 bits per heavy atom. The molecular formula is C60H55N3OPt. The number of aromatic nitrogens is 3. The van der Waals surface area contributed by atoms with E-state index in [2.05, 4.69) is 170 Å². The third-order valence-corrected chi connectivity index (χ3v) is 12.2. The van der Waals surface area contributed by atoms with Crippen LogP contribution in [0.1, 0.15) is 73.5 Å². The normalized spacial score (nSPS) is 12.6. The first-order valence-corrected chi connectivity index (χ1v) is 21.9. The van der Waals surface area contributed by atoms with Crippen LogP contribution in [0.3, 0.4) is 0 Å². The fourth-order valence-electron chi connectivity index (χ4n) is 8.70. The van der Waals surface area contributed by atoms with Gasteiger partial charge < -0.3 is 4.74 Å². The number of hydrogen-bond donors (Lipinski definition) is 0. The van der Waals surface area contributed by atoms with Crippen LogP contribution in [0, 0.1) is 33.9 Å². The fourth-order valence-corrected chi connectivity index (χ4v) is 8.70. The van der Waals surface area contributed by atoms with E-state index in [-0.39, 0.29) is 31.9 Å². The quantitative estimate of drug-likeness (QED) is 0.142. The number of imidazole rings is 1. The van der Waals surface area contributed by atoms with E-state index in [1.54, 1.807) is 18.3 Å². The molecule has 0 fully saturated rings. The molecule has 9 aromatic rings. The zero-order valence-electron chi connectivity index (χ0n) is 41.3. The Morgan fingerprint density at radius 3 is 1.95 bits per heavy atom. The van der Waals surface area contributed by atoms with E-state index in [0.29, 0.717) is 11.3 Å². The van der Waals surface area contributed by atoms with Crippen molar-refractivity contribution in [3.8, 4) is 78.6 Å². The number of para-hydroxylation sites is 1. The Labute approximate surface area is 403 Å². The van der Waals surface area contributed by atoms with Crippen LogP contribution in [0.25, 0.3) is 83.9 Å². The van der Waals surface area contributed by atoms with Crippen LogP contribution < -0.4 is 4.74 Å². The molecule has 0 aliphatic carbocycles. The summed E-state index contributed by atoms with van der Waals surface area (Å²) in [5.74, 6) is 1.41. The Hall–Kier alpha value is -6.35. The molecular weight excluding hydrogens is 974 g/mol. The first-order chi connectivity index (χ1) is 31.9. The summed E-state index contributed by atoms with van der Waals surface area (Å²) < 4.78 is 31.9. The van der Waals surface area contributed by atoms with Gasteiger partial charge in [0.15, 0.2) is 0 Å². The summed E-state index contributed by atoms with van der Waals surface area (Å²) >= 11 is 0.